The second-order valence-corrected chi connectivity index (χ2v) is 4.29. The zero-order chi connectivity index (χ0) is 14.1. The van der Waals surface area contributed by atoms with Gasteiger partial charge in [0.15, 0.2) is 0 Å². The van der Waals surface area contributed by atoms with Crippen LogP contribution < -0.4 is 5.32 Å². The van der Waals surface area contributed by atoms with Crippen molar-refractivity contribution in [1.82, 2.24) is 5.32 Å². The van der Waals surface area contributed by atoms with Gasteiger partial charge in [-0.25, -0.2) is 8.78 Å². The Hall–Kier alpha value is -1.26. The number of benzene rings is 1. The molecular formula is C15H21F2NO. The monoisotopic (exact) mass is 269 g/mol. The van der Waals surface area contributed by atoms with Crippen LogP contribution in [0, 0.1) is 0 Å². The van der Waals surface area contributed by atoms with E-state index in [0.717, 1.165) is 25.1 Å². The van der Waals surface area contributed by atoms with Crippen LogP contribution in [0.1, 0.15) is 30.9 Å². The number of alkyl halides is 2. The van der Waals surface area contributed by atoms with Crippen LogP contribution in [0.25, 0.3) is 6.08 Å². The lowest BCUT2D eigenvalue weighted by atomic mass is 10.1. The van der Waals surface area contributed by atoms with Gasteiger partial charge in [0.25, 0.3) is 6.43 Å². The summed E-state index contributed by atoms with van der Waals surface area (Å²) in [5, 5.41) is 3.27. The van der Waals surface area contributed by atoms with Gasteiger partial charge in [0.1, 0.15) is 0 Å². The molecule has 1 rings (SSSR count). The lowest BCUT2D eigenvalue weighted by Gasteiger charge is -2.07. The number of rotatable bonds is 8. The molecule has 106 valence electrons. The van der Waals surface area contributed by atoms with Crippen LogP contribution in [0.3, 0.4) is 0 Å². The van der Waals surface area contributed by atoms with Gasteiger partial charge in [0, 0.05) is 25.8 Å². The van der Waals surface area contributed by atoms with Gasteiger partial charge in [0.2, 0.25) is 0 Å². The molecule has 1 aromatic carbocycles. The molecule has 0 spiro atoms. The summed E-state index contributed by atoms with van der Waals surface area (Å²) < 4.78 is 29.8. The molecule has 0 aliphatic rings. The molecule has 0 aromatic heterocycles. The van der Waals surface area contributed by atoms with E-state index in [0.29, 0.717) is 6.61 Å². The van der Waals surface area contributed by atoms with Crippen molar-refractivity contribution in [3.63, 3.8) is 0 Å². The topological polar surface area (TPSA) is 21.3 Å². The normalized spacial score (nSPS) is 12.2. The van der Waals surface area contributed by atoms with Crippen LogP contribution >= 0.6 is 0 Å². The maximum absolute atomic E-state index is 12.4. The Morgan fingerprint density at radius 3 is 2.53 bits per heavy atom. The van der Waals surface area contributed by atoms with Gasteiger partial charge in [0.05, 0.1) is 6.61 Å². The molecule has 19 heavy (non-hydrogen) atoms. The van der Waals surface area contributed by atoms with Crippen molar-refractivity contribution >= 4 is 6.08 Å². The van der Waals surface area contributed by atoms with E-state index in [9.17, 15) is 8.78 Å². The number of ether oxygens (including phenoxy) is 1. The summed E-state index contributed by atoms with van der Waals surface area (Å²) in [7, 11) is 1.67. The van der Waals surface area contributed by atoms with Crippen molar-refractivity contribution in [2.75, 3.05) is 26.8 Å². The molecule has 0 fully saturated rings. The second-order valence-electron chi connectivity index (χ2n) is 4.29. The average molecular weight is 269 g/mol. The fraction of sp³-hybridized carbons (Fsp3) is 0.467. The Bertz CT molecular complexity index is 388. The van der Waals surface area contributed by atoms with E-state index in [1.807, 2.05) is 6.08 Å². The standard InChI is InChI=1S/C15H21F2NO/c1-3-12(11-18-8-9-19-2)10-13-4-6-14(7-5-13)15(16)17/h4-7,10,15,18H,3,8-9,11H2,1-2H3/b12-10-. The van der Waals surface area contributed by atoms with Crippen LogP contribution in [0.2, 0.25) is 0 Å². The highest BCUT2D eigenvalue weighted by molar-refractivity contribution is 5.53. The molecule has 0 amide bonds. The van der Waals surface area contributed by atoms with Crippen LogP contribution in [0.4, 0.5) is 8.78 Å². The highest BCUT2D eigenvalue weighted by atomic mass is 19.3. The number of hydrogen-bond acceptors (Lipinski definition) is 2. The van der Waals surface area contributed by atoms with Crippen molar-refractivity contribution < 1.29 is 13.5 Å². The summed E-state index contributed by atoms with van der Waals surface area (Å²) in [6.45, 7) is 4.35. The molecule has 0 atom stereocenters. The van der Waals surface area contributed by atoms with Gasteiger partial charge in [-0.15, -0.1) is 0 Å². The van der Waals surface area contributed by atoms with Crippen LogP contribution in [-0.2, 0) is 4.74 Å². The lowest BCUT2D eigenvalue weighted by molar-refractivity contribution is 0.151. The van der Waals surface area contributed by atoms with E-state index >= 15 is 0 Å². The Kier molecular flexibility index (Phi) is 7.30. The van der Waals surface area contributed by atoms with Gasteiger partial charge in [-0.1, -0.05) is 42.8 Å². The first-order valence-corrected chi connectivity index (χ1v) is 6.44. The van der Waals surface area contributed by atoms with E-state index in [4.69, 9.17) is 4.74 Å². The van der Waals surface area contributed by atoms with Crippen LogP contribution in [-0.4, -0.2) is 26.8 Å². The van der Waals surface area contributed by atoms with Crippen molar-refractivity contribution in [3.05, 3.63) is 41.0 Å². The summed E-state index contributed by atoms with van der Waals surface area (Å²) in [5.74, 6) is 0. The van der Waals surface area contributed by atoms with Crippen molar-refractivity contribution in [3.8, 4) is 0 Å². The molecule has 0 heterocycles. The zero-order valence-corrected chi connectivity index (χ0v) is 11.5. The predicted molar refractivity (Wildman–Crippen MR) is 74.4 cm³/mol. The van der Waals surface area contributed by atoms with Crippen LogP contribution in [0.15, 0.2) is 29.8 Å². The molecule has 0 unspecified atom stereocenters. The van der Waals surface area contributed by atoms with E-state index in [1.165, 1.54) is 17.7 Å². The molecule has 4 heteroatoms. The average Bonchev–Trinajstić information content (AvgIpc) is 2.42. The minimum atomic E-state index is -2.40. The number of hydrogen-bond donors (Lipinski definition) is 1. The molecule has 0 saturated heterocycles. The molecule has 0 saturated carbocycles. The van der Waals surface area contributed by atoms with E-state index in [1.54, 1.807) is 19.2 Å². The first-order valence-electron chi connectivity index (χ1n) is 6.44. The van der Waals surface area contributed by atoms with E-state index in [2.05, 4.69) is 12.2 Å². The third kappa shape index (κ3) is 5.94. The quantitative estimate of drug-likeness (QED) is 0.727. The fourth-order valence-corrected chi connectivity index (χ4v) is 1.67. The molecule has 2 nitrogen and oxygen atoms in total. The molecule has 0 aliphatic carbocycles. The van der Waals surface area contributed by atoms with E-state index < -0.39 is 6.43 Å². The second kappa shape index (κ2) is 8.77. The summed E-state index contributed by atoms with van der Waals surface area (Å²) in [6, 6.07) is 6.41. The number of nitrogens with one attached hydrogen (secondary N) is 1. The Balaban J connectivity index is 2.58. The van der Waals surface area contributed by atoms with Crippen molar-refractivity contribution in [2.24, 2.45) is 0 Å². The van der Waals surface area contributed by atoms with Crippen molar-refractivity contribution in [1.29, 1.82) is 0 Å². The maximum atomic E-state index is 12.4. The minimum Gasteiger partial charge on any atom is -0.383 e. The van der Waals surface area contributed by atoms with E-state index in [-0.39, 0.29) is 5.56 Å². The summed E-state index contributed by atoms with van der Waals surface area (Å²) >= 11 is 0. The first kappa shape index (κ1) is 15.8. The zero-order valence-electron chi connectivity index (χ0n) is 11.5. The van der Waals surface area contributed by atoms with Gasteiger partial charge in [-0.3, -0.25) is 0 Å². The summed E-state index contributed by atoms with van der Waals surface area (Å²) in [5.41, 5.74) is 2.25. The summed E-state index contributed by atoms with van der Waals surface area (Å²) in [6.07, 6.45) is 0.561. The Morgan fingerprint density at radius 1 is 1.32 bits per heavy atom. The Morgan fingerprint density at radius 2 is 2.00 bits per heavy atom. The minimum absolute atomic E-state index is 0.0634. The SMILES string of the molecule is CC/C(=C/c1ccc(C(F)F)cc1)CNCCOC. The Labute approximate surface area is 113 Å². The first-order chi connectivity index (χ1) is 9.17. The molecular weight excluding hydrogens is 248 g/mol. The molecule has 1 aromatic rings. The lowest BCUT2D eigenvalue weighted by Crippen LogP contribution is -2.21. The van der Waals surface area contributed by atoms with Crippen molar-refractivity contribution in [2.45, 2.75) is 19.8 Å². The number of methoxy groups -OCH3 is 1. The highest BCUT2D eigenvalue weighted by Gasteiger charge is 2.05. The van der Waals surface area contributed by atoms with Gasteiger partial charge in [-0.2, -0.15) is 0 Å². The predicted octanol–water partition coefficient (Wildman–Crippen LogP) is 3.65. The molecule has 1 N–H and O–H groups in total. The third-order valence-corrected chi connectivity index (χ3v) is 2.85. The smallest absolute Gasteiger partial charge is 0.263 e. The maximum Gasteiger partial charge on any atom is 0.263 e. The summed E-state index contributed by atoms with van der Waals surface area (Å²) in [4.78, 5) is 0. The molecule has 0 radical (unpaired) electrons. The van der Waals surface area contributed by atoms with Gasteiger partial charge < -0.3 is 10.1 Å². The molecule has 0 aliphatic heterocycles. The number of halogens is 2. The van der Waals surface area contributed by atoms with Gasteiger partial charge in [-0.05, 0) is 12.0 Å². The molecule has 0 bridgehead atoms. The third-order valence-electron chi connectivity index (χ3n) is 2.85. The van der Waals surface area contributed by atoms with Gasteiger partial charge >= 0.3 is 0 Å². The largest absolute Gasteiger partial charge is 0.383 e. The van der Waals surface area contributed by atoms with Crippen LogP contribution in [0.5, 0.6) is 0 Å². The fourth-order valence-electron chi connectivity index (χ4n) is 1.67. The highest BCUT2D eigenvalue weighted by Crippen LogP contribution is 2.19.